The summed E-state index contributed by atoms with van der Waals surface area (Å²) in [5, 5.41) is 4.58. The molecule has 0 saturated carbocycles. The molecule has 0 unspecified atom stereocenters. The molecule has 148 valence electrons. The molecule has 0 spiro atoms. The van der Waals surface area contributed by atoms with Crippen LogP contribution in [0.25, 0.3) is 0 Å². The molecule has 6 nitrogen and oxygen atoms in total. The lowest BCUT2D eigenvalue weighted by molar-refractivity contribution is 0.00991. The summed E-state index contributed by atoms with van der Waals surface area (Å²) in [5.74, 6) is 1.03. The van der Waals surface area contributed by atoms with E-state index >= 15 is 0 Å². The van der Waals surface area contributed by atoms with Crippen molar-refractivity contribution in [2.75, 3.05) is 46.5 Å². The van der Waals surface area contributed by atoms with Crippen LogP contribution in [0.3, 0.4) is 0 Å². The fourth-order valence-corrected chi connectivity index (χ4v) is 4.11. The second-order valence-corrected chi connectivity index (χ2v) is 7.92. The molecule has 1 aliphatic rings. The van der Waals surface area contributed by atoms with Crippen molar-refractivity contribution in [3.05, 3.63) is 15.6 Å². The van der Waals surface area contributed by atoms with Gasteiger partial charge in [-0.3, -0.25) is 4.99 Å². The van der Waals surface area contributed by atoms with Crippen molar-refractivity contribution in [3.63, 3.8) is 0 Å². The monoisotopic (exact) mass is 382 g/mol. The van der Waals surface area contributed by atoms with Gasteiger partial charge in [0.05, 0.1) is 16.8 Å². The van der Waals surface area contributed by atoms with Gasteiger partial charge in [0.25, 0.3) is 0 Å². The molecular formula is C19H34N4O2S. The summed E-state index contributed by atoms with van der Waals surface area (Å²) < 4.78 is 11.0. The molecule has 0 atom stereocenters. The van der Waals surface area contributed by atoms with Crippen LogP contribution in [0.5, 0.6) is 0 Å². The van der Waals surface area contributed by atoms with E-state index in [1.54, 1.807) is 18.4 Å². The largest absolute Gasteiger partial charge is 0.385 e. The van der Waals surface area contributed by atoms with Crippen LogP contribution in [-0.2, 0) is 15.9 Å². The molecule has 2 heterocycles. The zero-order chi connectivity index (χ0) is 18.8. The standard InChI is InChI=1S/C19H34N4O2S/c1-5-20-19(21-10-7-18-15(2)22-16(3)26-18)23-11-8-17(9-12-23)25-14-6-13-24-4/h17H,5-14H2,1-4H3,(H,20,21). The van der Waals surface area contributed by atoms with E-state index in [4.69, 9.17) is 14.5 Å². The van der Waals surface area contributed by atoms with Crippen LogP contribution in [0.2, 0.25) is 0 Å². The van der Waals surface area contributed by atoms with Crippen LogP contribution in [0.1, 0.15) is 41.8 Å². The number of methoxy groups -OCH3 is 1. The molecule has 1 aromatic heterocycles. The molecule has 1 fully saturated rings. The lowest BCUT2D eigenvalue weighted by atomic mass is 10.1. The Kier molecular flexibility index (Phi) is 9.36. The summed E-state index contributed by atoms with van der Waals surface area (Å²) in [6, 6.07) is 0. The summed E-state index contributed by atoms with van der Waals surface area (Å²) >= 11 is 1.79. The Bertz CT molecular complexity index is 554. The lowest BCUT2D eigenvalue weighted by Crippen LogP contribution is -2.47. The molecule has 0 amide bonds. The number of hydrogen-bond donors (Lipinski definition) is 1. The van der Waals surface area contributed by atoms with Gasteiger partial charge in [0.15, 0.2) is 5.96 Å². The van der Waals surface area contributed by atoms with E-state index in [-0.39, 0.29) is 0 Å². The minimum atomic E-state index is 0.369. The van der Waals surface area contributed by atoms with Crippen LogP contribution in [0, 0.1) is 13.8 Å². The highest BCUT2D eigenvalue weighted by atomic mass is 32.1. The van der Waals surface area contributed by atoms with Crippen molar-refractivity contribution in [2.24, 2.45) is 4.99 Å². The van der Waals surface area contributed by atoms with E-state index < -0.39 is 0 Å². The topological polar surface area (TPSA) is 59.0 Å². The molecule has 7 heteroatoms. The lowest BCUT2D eigenvalue weighted by Gasteiger charge is -2.34. The fourth-order valence-electron chi connectivity index (χ4n) is 3.18. The third-order valence-corrected chi connectivity index (χ3v) is 5.66. The van der Waals surface area contributed by atoms with Crippen molar-refractivity contribution in [3.8, 4) is 0 Å². The number of rotatable bonds is 9. The second-order valence-electron chi connectivity index (χ2n) is 6.63. The Morgan fingerprint density at radius 2 is 2.08 bits per heavy atom. The van der Waals surface area contributed by atoms with Crippen molar-refractivity contribution in [1.29, 1.82) is 0 Å². The number of aliphatic imine (C=N–C) groups is 1. The highest BCUT2D eigenvalue weighted by Gasteiger charge is 2.21. The number of aromatic nitrogens is 1. The fraction of sp³-hybridized carbons (Fsp3) is 0.789. The zero-order valence-electron chi connectivity index (χ0n) is 16.7. The average Bonchev–Trinajstić information content (AvgIpc) is 2.96. The first-order valence-corrected chi connectivity index (χ1v) is 10.5. The zero-order valence-corrected chi connectivity index (χ0v) is 17.5. The van der Waals surface area contributed by atoms with Crippen LogP contribution in [0.15, 0.2) is 4.99 Å². The molecule has 1 N–H and O–H groups in total. The first kappa shape index (κ1) is 21.1. The first-order valence-electron chi connectivity index (χ1n) is 9.70. The second kappa shape index (κ2) is 11.5. The number of nitrogens with one attached hydrogen (secondary N) is 1. The number of guanidine groups is 1. The van der Waals surface area contributed by atoms with E-state index in [0.717, 1.165) is 81.7 Å². The predicted octanol–water partition coefficient (Wildman–Crippen LogP) is 2.79. The van der Waals surface area contributed by atoms with Gasteiger partial charge in [0.2, 0.25) is 0 Å². The third-order valence-electron chi connectivity index (χ3n) is 4.52. The number of piperidine rings is 1. The normalized spacial score (nSPS) is 16.3. The number of thiazole rings is 1. The van der Waals surface area contributed by atoms with E-state index in [1.807, 2.05) is 0 Å². The summed E-state index contributed by atoms with van der Waals surface area (Å²) in [6.07, 6.45) is 4.42. The van der Waals surface area contributed by atoms with Crippen LogP contribution >= 0.6 is 11.3 Å². The third kappa shape index (κ3) is 6.85. The SMILES string of the molecule is CCNC(=NCCc1sc(C)nc1C)N1CCC(OCCCOC)CC1. The molecule has 2 rings (SSSR count). The summed E-state index contributed by atoms with van der Waals surface area (Å²) in [7, 11) is 1.73. The Balaban J connectivity index is 1.79. The van der Waals surface area contributed by atoms with E-state index in [0.29, 0.717) is 6.10 Å². The van der Waals surface area contributed by atoms with Gasteiger partial charge in [-0.15, -0.1) is 11.3 Å². The van der Waals surface area contributed by atoms with E-state index in [9.17, 15) is 0 Å². The number of aryl methyl sites for hydroxylation is 2. The minimum Gasteiger partial charge on any atom is -0.385 e. The Hall–Kier alpha value is -1.18. The van der Waals surface area contributed by atoms with E-state index in [2.05, 4.69) is 36.0 Å². The maximum atomic E-state index is 5.96. The molecule has 0 aliphatic carbocycles. The maximum Gasteiger partial charge on any atom is 0.193 e. The quantitative estimate of drug-likeness (QED) is 0.404. The van der Waals surface area contributed by atoms with Crippen molar-refractivity contribution in [2.45, 2.75) is 52.6 Å². The molecule has 1 saturated heterocycles. The Morgan fingerprint density at radius 3 is 2.69 bits per heavy atom. The number of nitrogens with zero attached hydrogens (tertiary/aromatic N) is 3. The summed E-state index contributed by atoms with van der Waals surface area (Å²) in [5.41, 5.74) is 1.15. The predicted molar refractivity (Wildman–Crippen MR) is 108 cm³/mol. The van der Waals surface area contributed by atoms with Crippen LogP contribution in [0.4, 0.5) is 0 Å². The molecule has 0 radical (unpaired) electrons. The van der Waals surface area contributed by atoms with Crippen LogP contribution in [-0.4, -0.2) is 68.4 Å². The van der Waals surface area contributed by atoms with Gasteiger partial charge < -0.3 is 19.7 Å². The summed E-state index contributed by atoms with van der Waals surface area (Å²) in [4.78, 5) is 13.1. The van der Waals surface area contributed by atoms with Crippen molar-refractivity contribution >= 4 is 17.3 Å². The Morgan fingerprint density at radius 1 is 1.31 bits per heavy atom. The van der Waals surface area contributed by atoms with Gasteiger partial charge in [-0.05, 0) is 40.0 Å². The smallest absolute Gasteiger partial charge is 0.193 e. The average molecular weight is 383 g/mol. The molecular weight excluding hydrogens is 348 g/mol. The molecule has 0 aromatic carbocycles. The number of hydrogen-bond acceptors (Lipinski definition) is 5. The molecule has 1 aromatic rings. The van der Waals surface area contributed by atoms with Gasteiger partial charge >= 0.3 is 0 Å². The maximum absolute atomic E-state index is 5.96. The summed E-state index contributed by atoms with van der Waals surface area (Å²) in [6.45, 7) is 11.5. The molecule has 0 bridgehead atoms. The number of ether oxygens (including phenoxy) is 2. The van der Waals surface area contributed by atoms with Gasteiger partial charge in [0.1, 0.15) is 0 Å². The number of likely N-dealkylation sites (tertiary alicyclic amines) is 1. The minimum absolute atomic E-state index is 0.369. The van der Waals surface area contributed by atoms with Gasteiger partial charge in [-0.2, -0.15) is 0 Å². The molecule has 26 heavy (non-hydrogen) atoms. The van der Waals surface area contributed by atoms with Crippen molar-refractivity contribution in [1.82, 2.24) is 15.2 Å². The first-order chi connectivity index (χ1) is 12.6. The van der Waals surface area contributed by atoms with Gasteiger partial charge in [-0.1, -0.05) is 0 Å². The highest BCUT2D eigenvalue weighted by molar-refractivity contribution is 7.11. The van der Waals surface area contributed by atoms with E-state index in [1.165, 1.54) is 4.88 Å². The van der Waals surface area contributed by atoms with Crippen LogP contribution < -0.4 is 5.32 Å². The van der Waals surface area contributed by atoms with Gasteiger partial charge in [0, 0.05) is 57.8 Å². The highest BCUT2D eigenvalue weighted by Crippen LogP contribution is 2.18. The van der Waals surface area contributed by atoms with Gasteiger partial charge in [-0.25, -0.2) is 4.98 Å². The van der Waals surface area contributed by atoms with Crippen molar-refractivity contribution < 1.29 is 9.47 Å². The molecule has 1 aliphatic heterocycles. The Labute approximate surface area is 162 Å².